The first kappa shape index (κ1) is 13.7. The summed E-state index contributed by atoms with van der Waals surface area (Å²) < 4.78 is 1.01. The van der Waals surface area contributed by atoms with E-state index >= 15 is 0 Å². The summed E-state index contributed by atoms with van der Waals surface area (Å²) in [5.41, 5.74) is 2.68. The molecule has 0 N–H and O–H groups in total. The molecule has 0 aliphatic carbocycles. The molecule has 1 aromatic heterocycles. The highest BCUT2D eigenvalue weighted by Gasteiger charge is 2.14. The third-order valence-corrected chi connectivity index (χ3v) is 3.74. The Balaban J connectivity index is 2.17. The number of amides is 1. The van der Waals surface area contributed by atoms with Gasteiger partial charge in [-0.05, 0) is 30.2 Å². The fraction of sp³-hybridized carbons (Fsp3) is 0.200. The van der Waals surface area contributed by atoms with Crippen LogP contribution >= 0.6 is 15.9 Å². The van der Waals surface area contributed by atoms with Gasteiger partial charge in [-0.2, -0.15) is 0 Å². The molecule has 0 aliphatic heterocycles. The van der Waals surface area contributed by atoms with Crippen LogP contribution in [0.15, 0.2) is 47.2 Å². The van der Waals surface area contributed by atoms with E-state index in [9.17, 15) is 4.79 Å². The van der Waals surface area contributed by atoms with E-state index in [-0.39, 0.29) is 5.91 Å². The average Bonchev–Trinajstić information content (AvgIpc) is 2.41. The van der Waals surface area contributed by atoms with E-state index < -0.39 is 0 Å². The maximum absolute atomic E-state index is 12.4. The van der Waals surface area contributed by atoms with Gasteiger partial charge in [-0.15, -0.1) is 0 Å². The molecular weight excluding hydrogens is 304 g/mol. The third-order valence-electron chi connectivity index (χ3n) is 2.96. The fourth-order valence-corrected chi connectivity index (χ4v) is 2.28. The molecular formula is C15H15BrN2O. The van der Waals surface area contributed by atoms with Crippen molar-refractivity contribution in [1.29, 1.82) is 0 Å². The lowest BCUT2D eigenvalue weighted by atomic mass is 10.1. The molecule has 3 nitrogen and oxygen atoms in total. The van der Waals surface area contributed by atoms with Gasteiger partial charge >= 0.3 is 0 Å². The van der Waals surface area contributed by atoms with Crippen molar-refractivity contribution in [3.05, 3.63) is 63.9 Å². The lowest BCUT2D eigenvalue weighted by Crippen LogP contribution is -2.27. The quantitative estimate of drug-likeness (QED) is 0.868. The van der Waals surface area contributed by atoms with Crippen LogP contribution < -0.4 is 0 Å². The molecule has 1 amide bonds. The third kappa shape index (κ3) is 3.20. The molecule has 0 unspecified atom stereocenters. The normalized spacial score (nSPS) is 10.3. The molecule has 0 saturated heterocycles. The lowest BCUT2D eigenvalue weighted by Gasteiger charge is -2.19. The first-order valence-corrected chi connectivity index (χ1v) is 6.78. The average molecular weight is 319 g/mol. The van der Waals surface area contributed by atoms with Gasteiger partial charge in [-0.3, -0.25) is 9.78 Å². The van der Waals surface area contributed by atoms with Gasteiger partial charge in [0, 0.05) is 36.0 Å². The van der Waals surface area contributed by atoms with E-state index in [0.29, 0.717) is 12.1 Å². The topological polar surface area (TPSA) is 33.2 Å². The molecule has 0 aliphatic rings. The molecule has 19 heavy (non-hydrogen) atoms. The molecule has 0 spiro atoms. The van der Waals surface area contributed by atoms with Gasteiger partial charge in [-0.25, -0.2) is 0 Å². The number of nitrogens with zero attached hydrogens (tertiary/aromatic N) is 2. The van der Waals surface area contributed by atoms with E-state index in [0.717, 1.165) is 15.6 Å². The first-order valence-electron chi connectivity index (χ1n) is 5.99. The predicted octanol–water partition coefficient (Wildman–Crippen LogP) is 3.42. The molecule has 0 fully saturated rings. The van der Waals surface area contributed by atoms with Crippen LogP contribution in [0.3, 0.4) is 0 Å². The Bertz CT molecular complexity index is 598. The van der Waals surface area contributed by atoms with Gasteiger partial charge in [-0.1, -0.05) is 34.1 Å². The Kier molecular flexibility index (Phi) is 4.32. The predicted molar refractivity (Wildman–Crippen MR) is 78.9 cm³/mol. The second-order valence-corrected chi connectivity index (χ2v) is 5.30. The van der Waals surface area contributed by atoms with Crippen LogP contribution in [0.5, 0.6) is 0 Å². The van der Waals surface area contributed by atoms with Crippen LogP contribution in [-0.4, -0.2) is 22.8 Å². The van der Waals surface area contributed by atoms with Crippen LogP contribution in [0, 0.1) is 6.92 Å². The molecule has 2 aromatic rings. The number of pyridine rings is 1. The van der Waals surface area contributed by atoms with Gasteiger partial charge in [0.2, 0.25) is 0 Å². The van der Waals surface area contributed by atoms with Crippen molar-refractivity contribution in [2.24, 2.45) is 0 Å². The summed E-state index contributed by atoms with van der Waals surface area (Å²) in [4.78, 5) is 18.1. The monoisotopic (exact) mass is 318 g/mol. The summed E-state index contributed by atoms with van der Waals surface area (Å²) in [6.07, 6.45) is 3.35. The number of halogens is 1. The Morgan fingerprint density at radius 1 is 1.32 bits per heavy atom. The number of hydrogen-bond donors (Lipinski definition) is 0. The van der Waals surface area contributed by atoms with Crippen LogP contribution in [0.4, 0.5) is 0 Å². The molecule has 1 aromatic carbocycles. The van der Waals surface area contributed by atoms with Crippen molar-refractivity contribution in [2.45, 2.75) is 13.5 Å². The van der Waals surface area contributed by atoms with Crippen molar-refractivity contribution in [1.82, 2.24) is 9.88 Å². The number of carbonyl (C=O) groups is 1. The molecule has 0 atom stereocenters. The van der Waals surface area contributed by atoms with Gasteiger partial charge in [0.15, 0.2) is 0 Å². The summed E-state index contributed by atoms with van der Waals surface area (Å²) >= 11 is 3.50. The maximum Gasteiger partial charge on any atom is 0.254 e. The van der Waals surface area contributed by atoms with Crippen LogP contribution in [0.2, 0.25) is 0 Å². The highest BCUT2D eigenvalue weighted by Crippen LogP contribution is 2.18. The number of aryl methyl sites for hydroxylation is 1. The molecule has 4 heteroatoms. The number of benzene rings is 1. The first-order chi connectivity index (χ1) is 9.09. The number of rotatable bonds is 3. The Morgan fingerprint density at radius 2 is 2.05 bits per heavy atom. The van der Waals surface area contributed by atoms with Crippen LogP contribution in [0.25, 0.3) is 0 Å². The standard InChI is InChI=1S/C15H15BrN2O/c1-11-9-17-8-7-13(11)15(19)18(2)10-12-5-3-4-6-14(12)16/h3-9H,10H2,1-2H3. The van der Waals surface area contributed by atoms with Gasteiger partial charge < -0.3 is 4.90 Å². The molecule has 0 bridgehead atoms. The SMILES string of the molecule is Cc1cnccc1C(=O)N(C)Cc1ccccc1Br. The molecule has 98 valence electrons. The zero-order valence-corrected chi connectivity index (χ0v) is 12.5. The largest absolute Gasteiger partial charge is 0.337 e. The fourth-order valence-electron chi connectivity index (χ4n) is 1.87. The lowest BCUT2D eigenvalue weighted by molar-refractivity contribution is 0.0784. The van der Waals surface area contributed by atoms with Crippen molar-refractivity contribution < 1.29 is 4.79 Å². The Hall–Kier alpha value is -1.68. The molecule has 0 radical (unpaired) electrons. The molecule has 1 heterocycles. The van der Waals surface area contributed by atoms with Crippen molar-refractivity contribution >= 4 is 21.8 Å². The maximum atomic E-state index is 12.4. The number of aromatic nitrogens is 1. The van der Waals surface area contributed by atoms with Gasteiger partial charge in [0.05, 0.1) is 0 Å². The summed E-state index contributed by atoms with van der Waals surface area (Å²) in [6.45, 7) is 2.47. The zero-order valence-electron chi connectivity index (χ0n) is 10.9. The molecule has 2 rings (SSSR count). The number of carbonyl (C=O) groups excluding carboxylic acids is 1. The smallest absolute Gasteiger partial charge is 0.254 e. The highest BCUT2D eigenvalue weighted by molar-refractivity contribution is 9.10. The van der Waals surface area contributed by atoms with E-state index in [1.165, 1.54) is 0 Å². The van der Waals surface area contributed by atoms with Crippen molar-refractivity contribution in [3.8, 4) is 0 Å². The van der Waals surface area contributed by atoms with E-state index in [2.05, 4.69) is 20.9 Å². The van der Waals surface area contributed by atoms with E-state index in [4.69, 9.17) is 0 Å². The number of hydrogen-bond acceptors (Lipinski definition) is 2. The Morgan fingerprint density at radius 3 is 2.74 bits per heavy atom. The highest BCUT2D eigenvalue weighted by atomic mass is 79.9. The van der Waals surface area contributed by atoms with Crippen LogP contribution in [-0.2, 0) is 6.54 Å². The van der Waals surface area contributed by atoms with Gasteiger partial charge in [0.25, 0.3) is 5.91 Å². The minimum Gasteiger partial charge on any atom is -0.337 e. The summed E-state index contributed by atoms with van der Waals surface area (Å²) in [7, 11) is 1.81. The van der Waals surface area contributed by atoms with Crippen molar-refractivity contribution in [3.63, 3.8) is 0 Å². The zero-order chi connectivity index (χ0) is 13.8. The minimum atomic E-state index is 0.00986. The Labute approximate surface area is 121 Å². The van der Waals surface area contributed by atoms with Crippen LogP contribution in [0.1, 0.15) is 21.5 Å². The van der Waals surface area contributed by atoms with E-state index in [1.807, 2.05) is 38.2 Å². The summed E-state index contributed by atoms with van der Waals surface area (Å²) in [5.74, 6) is 0.00986. The summed E-state index contributed by atoms with van der Waals surface area (Å²) in [5, 5.41) is 0. The van der Waals surface area contributed by atoms with E-state index in [1.54, 1.807) is 23.4 Å². The summed E-state index contributed by atoms with van der Waals surface area (Å²) in [6, 6.07) is 9.67. The second-order valence-electron chi connectivity index (χ2n) is 4.44. The second kappa shape index (κ2) is 5.97. The minimum absolute atomic E-state index is 0.00986. The molecule has 0 saturated carbocycles. The van der Waals surface area contributed by atoms with Gasteiger partial charge in [0.1, 0.15) is 0 Å². The van der Waals surface area contributed by atoms with Crippen molar-refractivity contribution in [2.75, 3.05) is 7.05 Å².